The highest BCUT2D eigenvalue weighted by Crippen LogP contribution is 2.24. The molecular formula is C21H31NO5S. The summed E-state index contributed by atoms with van der Waals surface area (Å²) in [6.45, 7) is 10.3. The van der Waals surface area contributed by atoms with Crippen molar-refractivity contribution in [2.75, 3.05) is 13.1 Å². The van der Waals surface area contributed by atoms with Crippen molar-refractivity contribution in [1.29, 1.82) is 0 Å². The van der Waals surface area contributed by atoms with Crippen molar-refractivity contribution in [3.8, 4) is 0 Å². The molecular weight excluding hydrogens is 378 g/mol. The van der Waals surface area contributed by atoms with Crippen molar-refractivity contribution in [1.82, 2.24) is 4.31 Å². The third-order valence-corrected chi connectivity index (χ3v) is 5.95. The number of esters is 1. The van der Waals surface area contributed by atoms with Crippen LogP contribution in [0.3, 0.4) is 0 Å². The Morgan fingerprint density at radius 3 is 2.54 bits per heavy atom. The first kappa shape index (κ1) is 22.4. The number of carbonyl (C=O) groups excluding carboxylic acids is 1. The second kappa shape index (κ2) is 9.09. The average Bonchev–Trinajstić information content (AvgIpc) is 3.03. The largest absolute Gasteiger partial charge is 0.464 e. The van der Waals surface area contributed by atoms with Crippen LogP contribution in [-0.4, -0.2) is 37.4 Å². The Hall–Kier alpha value is -1.86. The minimum atomic E-state index is -3.62. The predicted octanol–water partition coefficient (Wildman–Crippen LogP) is 4.59. The molecule has 2 aromatic rings. The van der Waals surface area contributed by atoms with Gasteiger partial charge in [0.2, 0.25) is 10.0 Å². The van der Waals surface area contributed by atoms with E-state index in [1.807, 2.05) is 34.6 Å². The molecule has 0 unspecified atom stereocenters. The van der Waals surface area contributed by atoms with E-state index in [0.717, 1.165) is 5.39 Å². The SMILES string of the molecule is CC(C)CN(CCCCC(=O)OC(C)(C)C)S(=O)(=O)c1ccc2occc2c1. The molecule has 0 atom stereocenters. The van der Waals surface area contributed by atoms with Crippen molar-refractivity contribution < 1.29 is 22.4 Å². The minimum Gasteiger partial charge on any atom is -0.464 e. The first-order valence-electron chi connectivity index (χ1n) is 9.68. The smallest absolute Gasteiger partial charge is 0.306 e. The van der Waals surface area contributed by atoms with E-state index < -0.39 is 15.6 Å². The van der Waals surface area contributed by atoms with Gasteiger partial charge in [-0.2, -0.15) is 4.31 Å². The van der Waals surface area contributed by atoms with Gasteiger partial charge >= 0.3 is 5.97 Å². The van der Waals surface area contributed by atoms with Gasteiger partial charge in [0.05, 0.1) is 11.2 Å². The summed E-state index contributed by atoms with van der Waals surface area (Å²) in [4.78, 5) is 12.1. The van der Waals surface area contributed by atoms with Gasteiger partial charge in [-0.1, -0.05) is 13.8 Å². The number of benzene rings is 1. The van der Waals surface area contributed by atoms with Crippen LogP contribution in [-0.2, 0) is 19.6 Å². The molecule has 0 saturated carbocycles. The van der Waals surface area contributed by atoms with E-state index in [-0.39, 0.29) is 23.2 Å². The summed E-state index contributed by atoms with van der Waals surface area (Å²) in [5.74, 6) is -0.0607. The van der Waals surface area contributed by atoms with Gasteiger partial charge in [0, 0.05) is 24.9 Å². The highest BCUT2D eigenvalue weighted by Gasteiger charge is 2.25. The number of rotatable bonds is 9. The third-order valence-electron chi connectivity index (χ3n) is 4.09. The van der Waals surface area contributed by atoms with Crippen LogP contribution in [0.25, 0.3) is 11.0 Å². The number of nitrogens with zero attached hydrogens (tertiary/aromatic N) is 1. The Morgan fingerprint density at radius 2 is 1.89 bits per heavy atom. The van der Waals surface area contributed by atoms with Gasteiger partial charge in [0.1, 0.15) is 11.2 Å². The van der Waals surface area contributed by atoms with E-state index in [1.54, 1.807) is 30.5 Å². The molecule has 28 heavy (non-hydrogen) atoms. The molecule has 6 nitrogen and oxygen atoms in total. The summed E-state index contributed by atoms with van der Waals surface area (Å²) in [6.07, 6.45) is 3.01. The maximum Gasteiger partial charge on any atom is 0.306 e. The highest BCUT2D eigenvalue weighted by molar-refractivity contribution is 7.89. The molecule has 0 aliphatic heterocycles. The number of furan rings is 1. The van der Waals surface area contributed by atoms with Crippen LogP contribution < -0.4 is 0 Å². The molecule has 0 spiro atoms. The number of hydrogen-bond acceptors (Lipinski definition) is 5. The molecule has 0 saturated heterocycles. The number of sulfonamides is 1. The molecule has 156 valence electrons. The van der Waals surface area contributed by atoms with Gasteiger partial charge in [-0.25, -0.2) is 8.42 Å². The fourth-order valence-corrected chi connectivity index (χ4v) is 4.60. The van der Waals surface area contributed by atoms with Crippen LogP contribution in [0.1, 0.15) is 53.9 Å². The number of fused-ring (bicyclic) bond motifs is 1. The minimum absolute atomic E-state index is 0.193. The summed E-state index contributed by atoms with van der Waals surface area (Å²) in [7, 11) is -3.62. The van der Waals surface area contributed by atoms with E-state index in [1.165, 1.54) is 4.31 Å². The topological polar surface area (TPSA) is 76.8 Å². The molecule has 0 aliphatic carbocycles. The molecule has 1 heterocycles. The first-order valence-corrected chi connectivity index (χ1v) is 11.1. The zero-order valence-electron chi connectivity index (χ0n) is 17.4. The van der Waals surface area contributed by atoms with Gasteiger partial charge in [-0.15, -0.1) is 0 Å². The lowest BCUT2D eigenvalue weighted by Gasteiger charge is -2.24. The predicted molar refractivity (Wildman–Crippen MR) is 110 cm³/mol. The molecule has 2 rings (SSSR count). The summed E-state index contributed by atoms with van der Waals surface area (Å²) in [6, 6.07) is 6.65. The van der Waals surface area contributed by atoms with Crippen molar-refractivity contribution in [3.63, 3.8) is 0 Å². The fraction of sp³-hybridized carbons (Fsp3) is 0.571. The Kier molecular flexibility index (Phi) is 7.28. The molecule has 0 bridgehead atoms. The Labute approximate surface area is 167 Å². The zero-order valence-corrected chi connectivity index (χ0v) is 18.2. The lowest BCUT2D eigenvalue weighted by Crippen LogP contribution is -2.35. The molecule has 1 aromatic carbocycles. The summed E-state index contributed by atoms with van der Waals surface area (Å²) in [5.41, 5.74) is 0.155. The molecule has 0 radical (unpaired) electrons. The monoisotopic (exact) mass is 409 g/mol. The standard InChI is InChI=1S/C21H31NO5S/c1-16(2)15-22(12-7-6-8-20(23)27-21(3,4)5)28(24,25)18-9-10-19-17(14-18)11-13-26-19/h9-11,13-14,16H,6-8,12,15H2,1-5H3. The zero-order chi connectivity index (χ0) is 20.9. The fourth-order valence-electron chi connectivity index (χ4n) is 2.92. The quantitative estimate of drug-likeness (QED) is 0.447. The average molecular weight is 410 g/mol. The maximum absolute atomic E-state index is 13.2. The third kappa shape index (κ3) is 6.34. The van der Waals surface area contributed by atoms with Crippen molar-refractivity contribution >= 4 is 27.0 Å². The van der Waals surface area contributed by atoms with Gasteiger partial charge < -0.3 is 9.15 Å². The number of hydrogen-bond donors (Lipinski definition) is 0. The molecule has 1 aromatic heterocycles. The Morgan fingerprint density at radius 1 is 1.18 bits per heavy atom. The van der Waals surface area contributed by atoms with Gasteiger partial charge in [0.25, 0.3) is 0 Å². The molecule has 0 aliphatic rings. The van der Waals surface area contributed by atoms with Crippen molar-refractivity contribution in [3.05, 3.63) is 30.5 Å². The summed E-state index contributed by atoms with van der Waals surface area (Å²) >= 11 is 0. The molecule has 0 amide bonds. The van der Waals surface area contributed by atoms with Crippen LogP contribution in [0.4, 0.5) is 0 Å². The van der Waals surface area contributed by atoms with Gasteiger partial charge in [-0.3, -0.25) is 4.79 Å². The van der Waals surface area contributed by atoms with E-state index in [0.29, 0.717) is 31.5 Å². The van der Waals surface area contributed by atoms with Crippen LogP contribution in [0.2, 0.25) is 0 Å². The van der Waals surface area contributed by atoms with Crippen LogP contribution in [0.5, 0.6) is 0 Å². The Bertz CT molecular complexity index is 893. The lowest BCUT2D eigenvalue weighted by atomic mass is 10.2. The van der Waals surface area contributed by atoms with Crippen molar-refractivity contribution in [2.45, 2.75) is 64.4 Å². The highest BCUT2D eigenvalue weighted by atomic mass is 32.2. The molecule has 0 N–H and O–H groups in total. The van der Waals surface area contributed by atoms with Gasteiger partial charge in [-0.05, 0) is 63.8 Å². The van der Waals surface area contributed by atoms with E-state index in [9.17, 15) is 13.2 Å². The molecule has 0 fully saturated rings. The molecule has 7 heteroatoms. The van der Waals surface area contributed by atoms with Crippen LogP contribution in [0, 0.1) is 5.92 Å². The van der Waals surface area contributed by atoms with Crippen LogP contribution >= 0.6 is 0 Å². The summed E-state index contributed by atoms with van der Waals surface area (Å²) < 4.78 is 38.4. The van der Waals surface area contributed by atoms with Crippen LogP contribution in [0.15, 0.2) is 39.8 Å². The number of ether oxygens (including phenoxy) is 1. The normalized spacial score (nSPS) is 12.8. The second-order valence-corrected chi connectivity index (χ2v) is 10.4. The van der Waals surface area contributed by atoms with E-state index in [2.05, 4.69) is 0 Å². The maximum atomic E-state index is 13.2. The number of unbranched alkanes of at least 4 members (excludes halogenated alkanes) is 1. The number of carbonyl (C=O) groups is 1. The summed E-state index contributed by atoms with van der Waals surface area (Å²) in [5, 5.41) is 0.760. The first-order chi connectivity index (χ1) is 13.0. The van der Waals surface area contributed by atoms with Gasteiger partial charge in [0.15, 0.2) is 0 Å². The van der Waals surface area contributed by atoms with Crippen molar-refractivity contribution in [2.24, 2.45) is 5.92 Å². The second-order valence-electron chi connectivity index (χ2n) is 8.42. The lowest BCUT2D eigenvalue weighted by molar-refractivity contribution is -0.154. The van der Waals surface area contributed by atoms with E-state index in [4.69, 9.17) is 9.15 Å². The Balaban J connectivity index is 2.04. The van der Waals surface area contributed by atoms with E-state index >= 15 is 0 Å².